The quantitative estimate of drug-likeness (QED) is 0.863. The van der Waals surface area contributed by atoms with Crippen LogP contribution in [0.5, 0.6) is 0 Å². The molecule has 0 amide bonds. The number of hydrogen-bond donors (Lipinski definition) is 1. The molecule has 17 heavy (non-hydrogen) atoms. The van der Waals surface area contributed by atoms with Crippen molar-refractivity contribution >= 4 is 0 Å². The third-order valence-corrected chi connectivity index (χ3v) is 3.46. The Bertz CT molecular complexity index is 420. The highest BCUT2D eigenvalue weighted by molar-refractivity contribution is 5.40. The van der Waals surface area contributed by atoms with Gasteiger partial charge in [0.25, 0.3) is 0 Å². The number of likely N-dealkylation sites (tertiary alicyclic amines) is 1. The van der Waals surface area contributed by atoms with Gasteiger partial charge in [-0.1, -0.05) is 25.1 Å². The van der Waals surface area contributed by atoms with Gasteiger partial charge >= 0.3 is 0 Å². The normalized spacial score (nSPS) is 24.8. The molecule has 2 atom stereocenters. The lowest BCUT2D eigenvalue weighted by molar-refractivity contribution is 0.248. The van der Waals surface area contributed by atoms with E-state index >= 15 is 0 Å². The zero-order valence-corrected chi connectivity index (χ0v) is 10.3. The van der Waals surface area contributed by atoms with Gasteiger partial charge in [0.15, 0.2) is 0 Å². The first-order chi connectivity index (χ1) is 8.27. The lowest BCUT2D eigenvalue weighted by atomic mass is 9.96. The first-order valence-electron chi connectivity index (χ1n) is 6.26. The third-order valence-electron chi connectivity index (χ3n) is 3.46. The predicted molar refractivity (Wildman–Crippen MR) is 68.4 cm³/mol. The number of nitrogens with two attached hydrogens (primary N) is 1. The van der Waals surface area contributed by atoms with Crippen LogP contribution in [0.2, 0.25) is 0 Å². The van der Waals surface area contributed by atoms with Gasteiger partial charge in [-0.15, -0.1) is 0 Å². The summed E-state index contributed by atoms with van der Waals surface area (Å²) in [5.41, 5.74) is 8.06. The molecular weight excluding hydrogens is 210 g/mol. The third kappa shape index (κ3) is 2.33. The van der Waals surface area contributed by atoms with Gasteiger partial charge in [0, 0.05) is 12.6 Å². The summed E-state index contributed by atoms with van der Waals surface area (Å²) < 4.78 is 0. The van der Waals surface area contributed by atoms with Gasteiger partial charge in [-0.05, 0) is 31.0 Å². The average Bonchev–Trinajstić information content (AvgIpc) is 2.71. The van der Waals surface area contributed by atoms with Gasteiger partial charge in [0.2, 0.25) is 0 Å². The van der Waals surface area contributed by atoms with E-state index in [9.17, 15) is 5.26 Å². The van der Waals surface area contributed by atoms with Crippen LogP contribution in [0.4, 0.5) is 0 Å². The minimum absolute atomic E-state index is 0.149. The molecule has 1 aromatic carbocycles. The lowest BCUT2D eigenvalue weighted by Gasteiger charge is -2.27. The number of benzene rings is 1. The molecule has 1 fully saturated rings. The van der Waals surface area contributed by atoms with E-state index in [-0.39, 0.29) is 12.1 Å². The predicted octanol–water partition coefficient (Wildman–Crippen LogP) is 2.04. The molecule has 2 N–H and O–H groups in total. The van der Waals surface area contributed by atoms with Crippen molar-refractivity contribution < 1.29 is 0 Å². The summed E-state index contributed by atoms with van der Waals surface area (Å²) in [4.78, 5) is 2.40. The van der Waals surface area contributed by atoms with Crippen LogP contribution in [0, 0.1) is 11.3 Å². The van der Waals surface area contributed by atoms with Gasteiger partial charge in [-0.25, -0.2) is 0 Å². The van der Waals surface area contributed by atoms with E-state index in [1.165, 1.54) is 0 Å². The molecule has 90 valence electrons. The largest absolute Gasteiger partial charge is 0.326 e. The second-order valence-corrected chi connectivity index (χ2v) is 4.63. The monoisotopic (exact) mass is 229 g/mol. The SMILES string of the molecule is CCCN1CCC(N)C1c1ccccc1C#N. The molecule has 1 aromatic rings. The molecule has 1 aliphatic heterocycles. The Balaban J connectivity index is 2.33. The Hall–Kier alpha value is -1.37. The Morgan fingerprint density at radius 1 is 1.47 bits per heavy atom. The summed E-state index contributed by atoms with van der Waals surface area (Å²) in [5, 5.41) is 9.17. The first-order valence-corrected chi connectivity index (χ1v) is 6.26. The molecule has 0 spiro atoms. The maximum absolute atomic E-state index is 9.17. The van der Waals surface area contributed by atoms with Crippen molar-refractivity contribution in [2.75, 3.05) is 13.1 Å². The molecule has 2 unspecified atom stereocenters. The second kappa shape index (κ2) is 5.31. The molecule has 1 heterocycles. The highest BCUT2D eigenvalue weighted by Crippen LogP contribution is 2.32. The van der Waals surface area contributed by atoms with Crippen LogP contribution in [0.1, 0.15) is 36.9 Å². The summed E-state index contributed by atoms with van der Waals surface area (Å²) in [7, 11) is 0. The van der Waals surface area contributed by atoms with Gasteiger partial charge in [-0.2, -0.15) is 5.26 Å². The fourth-order valence-corrected chi connectivity index (χ4v) is 2.70. The number of hydrogen-bond acceptors (Lipinski definition) is 3. The van der Waals surface area contributed by atoms with Gasteiger partial charge in [-0.3, -0.25) is 4.90 Å². The Morgan fingerprint density at radius 2 is 2.24 bits per heavy atom. The molecule has 2 rings (SSSR count). The molecule has 1 saturated heterocycles. The van der Waals surface area contributed by atoms with E-state index < -0.39 is 0 Å². The van der Waals surface area contributed by atoms with Crippen LogP contribution in [0.3, 0.4) is 0 Å². The fourth-order valence-electron chi connectivity index (χ4n) is 2.70. The van der Waals surface area contributed by atoms with Crippen molar-refractivity contribution in [2.24, 2.45) is 5.73 Å². The molecule has 3 heteroatoms. The number of rotatable bonds is 3. The second-order valence-electron chi connectivity index (χ2n) is 4.63. The van der Waals surface area contributed by atoms with Crippen LogP contribution < -0.4 is 5.73 Å². The fraction of sp³-hybridized carbons (Fsp3) is 0.500. The smallest absolute Gasteiger partial charge is 0.0995 e. The Kier molecular flexibility index (Phi) is 3.78. The maximum atomic E-state index is 9.17. The lowest BCUT2D eigenvalue weighted by Crippen LogP contribution is -2.32. The maximum Gasteiger partial charge on any atom is 0.0995 e. The molecular formula is C14H19N3. The summed E-state index contributed by atoms with van der Waals surface area (Å²) in [6, 6.07) is 10.5. The highest BCUT2D eigenvalue weighted by Gasteiger charge is 2.33. The van der Waals surface area contributed by atoms with Crippen LogP contribution in [-0.4, -0.2) is 24.0 Å². The Morgan fingerprint density at radius 3 is 2.94 bits per heavy atom. The highest BCUT2D eigenvalue weighted by atomic mass is 15.2. The van der Waals surface area contributed by atoms with Crippen LogP contribution in [-0.2, 0) is 0 Å². The minimum Gasteiger partial charge on any atom is -0.326 e. The van der Waals surface area contributed by atoms with Gasteiger partial charge in [0.1, 0.15) is 0 Å². The van der Waals surface area contributed by atoms with Gasteiger partial charge < -0.3 is 5.73 Å². The molecule has 0 bridgehead atoms. The van der Waals surface area contributed by atoms with Crippen LogP contribution in [0.15, 0.2) is 24.3 Å². The van der Waals surface area contributed by atoms with Crippen molar-refractivity contribution in [1.82, 2.24) is 4.90 Å². The zero-order valence-electron chi connectivity index (χ0n) is 10.3. The summed E-state index contributed by atoms with van der Waals surface area (Å²) in [6.07, 6.45) is 2.14. The summed E-state index contributed by atoms with van der Waals surface area (Å²) >= 11 is 0. The summed E-state index contributed by atoms with van der Waals surface area (Å²) in [5.74, 6) is 0. The van der Waals surface area contributed by atoms with E-state index in [4.69, 9.17) is 5.73 Å². The molecule has 0 saturated carbocycles. The average molecular weight is 229 g/mol. The standard InChI is InChI=1S/C14H19N3/c1-2-8-17-9-7-13(16)14(17)12-6-4-3-5-11(12)10-15/h3-6,13-14H,2,7-9,16H2,1H3. The van der Waals surface area contributed by atoms with E-state index in [0.717, 1.165) is 37.1 Å². The number of nitrogens with zero attached hydrogens (tertiary/aromatic N) is 2. The van der Waals surface area contributed by atoms with E-state index in [1.807, 2.05) is 24.3 Å². The molecule has 0 radical (unpaired) electrons. The van der Waals surface area contributed by atoms with E-state index in [0.29, 0.717) is 0 Å². The molecule has 0 aromatic heterocycles. The Labute approximate surface area is 103 Å². The van der Waals surface area contributed by atoms with E-state index in [1.54, 1.807) is 0 Å². The first kappa shape index (κ1) is 12.1. The van der Waals surface area contributed by atoms with Crippen LogP contribution in [0.25, 0.3) is 0 Å². The molecule has 3 nitrogen and oxygen atoms in total. The van der Waals surface area contributed by atoms with Crippen molar-refractivity contribution in [1.29, 1.82) is 5.26 Å². The topological polar surface area (TPSA) is 53.0 Å². The molecule has 1 aliphatic rings. The molecule has 0 aliphatic carbocycles. The van der Waals surface area contributed by atoms with Crippen molar-refractivity contribution in [2.45, 2.75) is 31.8 Å². The van der Waals surface area contributed by atoms with E-state index in [2.05, 4.69) is 17.9 Å². The van der Waals surface area contributed by atoms with Gasteiger partial charge in [0.05, 0.1) is 17.7 Å². The van der Waals surface area contributed by atoms with Crippen LogP contribution >= 0.6 is 0 Å². The minimum atomic E-state index is 0.149. The number of nitriles is 1. The van der Waals surface area contributed by atoms with Crippen molar-refractivity contribution in [3.63, 3.8) is 0 Å². The van der Waals surface area contributed by atoms with Crippen molar-refractivity contribution in [3.8, 4) is 6.07 Å². The zero-order chi connectivity index (χ0) is 12.3. The van der Waals surface area contributed by atoms with Crippen molar-refractivity contribution in [3.05, 3.63) is 35.4 Å². The summed E-state index contributed by atoms with van der Waals surface area (Å²) in [6.45, 7) is 4.27.